The Bertz CT molecular complexity index is 472. The largest absolute Gasteiger partial charge is 0.461 e. The summed E-state index contributed by atoms with van der Waals surface area (Å²) in [6.07, 6.45) is 2.75. The summed E-state index contributed by atoms with van der Waals surface area (Å²) >= 11 is 3.63. The Kier molecular flexibility index (Phi) is 4.64. The van der Waals surface area contributed by atoms with Crippen LogP contribution in [0.2, 0.25) is 0 Å². The molecular formula is C15H18BrNO2. The SMILES string of the molecule is CCOC(=O)C1=CCC(Br)N1[C@H](C)c1ccccc1. The van der Waals surface area contributed by atoms with E-state index in [0.717, 1.165) is 6.42 Å². The van der Waals surface area contributed by atoms with Gasteiger partial charge in [0.2, 0.25) is 0 Å². The molecule has 1 aliphatic rings. The third-order valence-corrected chi connectivity index (χ3v) is 4.08. The molecule has 2 rings (SSSR count). The monoisotopic (exact) mass is 323 g/mol. The van der Waals surface area contributed by atoms with Crippen molar-refractivity contribution in [3.8, 4) is 0 Å². The number of halogens is 1. The lowest BCUT2D eigenvalue weighted by Gasteiger charge is -2.32. The molecule has 0 aromatic heterocycles. The summed E-state index contributed by atoms with van der Waals surface area (Å²) in [5.41, 5.74) is 1.84. The highest BCUT2D eigenvalue weighted by atomic mass is 79.9. The van der Waals surface area contributed by atoms with Crippen LogP contribution in [0.1, 0.15) is 31.9 Å². The van der Waals surface area contributed by atoms with Crippen LogP contribution >= 0.6 is 15.9 Å². The van der Waals surface area contributed by atoms with Gasteiger partial charge < -0.3 is 9.64 Å². The van der Waals surface area contributed by atoms with Gasteiger partial charge in [-0.1, -0.05) is 52.3 Å². The molecule has 4 heteroatoms. The molecule has 0 bridgehead atoms. The van der Waals surface area contributed by atoms with E-state index in [1.165, 1.54) is 5.56 Å². The third kappa shape index (κ3) is 3.00. The molecule has 0 amide bonds. The highest BCUT2D eigenvalue weighted by Crippen LogP contribution is 2.35. The van der Waals surface area contributed by atoms with E-state index in [-0.39, 0.29) is 17.0 Å². The van der Waals surface area contributed by atoms with Gasteiger partial charge in [0.15, 0.2) is 0 Å². The zero-order valence-corrected chi connectivity index (χ0v) is 12.8. The second-order valence-corrected chi connectivity index (χ2v) is 5.53. The Morgan fingerprint density at radius 3 is 2.79 bits per heavy atom. The second kappa shape index (κ2) is 6.24. The summed E-state index contributed by atoms with van der Waals surface area (Å²) in [6.45, 7) is 4.32. The lowest BCUT2D eigenvalue weighted by Crippen LogP contribution is -2.32. The molecule has 1 aliphatic heterocycles. The highest BCUT2D eigenvalue weighted by Gasteiger charge is 2.33. The Hall–Kier alpha value is -1.29. The van der Waals surface area contributed by atoms with Crippen molar-refractivity contribution < 1.29 is 9.53 Å². The minimum atomic E-state index is -0.243. The molecule has 0 N–H and O–H groups in total. The second-order valence-electron chi connectivity index (χ2n) is 4.47. The zero-order valence-electron chi connectivity index (χ0n) is 11.2. The molecule has 19 heavy (non-hydrogen) atoms. The quantitative estimate of drug-likeness (QED) is 0.481. The van der Waals surface area contributed by atoms with E-state index in [9.17, 15) is 4.79 Å². The number of esters is 1. The zero-order chi connectivity index (χ0) is 13.8. The topological polar surface area (TPSA) is 29.5 Å². The number of ether oxygens (including phenoxy) is 1. The van der Waals surface area contributed by atoms with Crippen LogP contribution < -0.4 is 0 Å². The van der Waals surface area contributed by atoms with Gasteiger partial charge in [-0.15, -0.1) is 0 Å². The number of nitrogens with zero attached hydrogens (tertiary/aromatic N) is 1. The first-order valence-electron chi connectivity index (χ1n) is 6.49. The fourth-order valence-corrected chi connectivity index (χ4v) is 3.08. The molecule has 3 nitrogen and oxygen atoms in total. The van der Waals surface area contributed by atoms with E-state index in [2.05, 4.69) is 39.9 Å². The average Bonchev–Trinajstić information content (AvgIpc) is 2.81. The van der Waals surface area contributed by atoms with E-state index in [1.807, 2.05) is 31.2 Å². The number of carbonyl (C=O) groups is 1. The van der Waals surface area contributed by atoms with Crippen LogP contribution in [0.25, 0.3) is 0 Å². The van der Waals surface area contributed by atoms with Crippen LogP contribution in [0, 0.1) is 0 Å². The fourth-order valence-electron chi connectivity index (χ4n) is 2.32. The summed E-state index contributed by atoms with van der Waals surface area (Å²) in [5, 5.41) is 0. The van der Waals surface area contributed by atoms with Crippen LogP contribution in [0.15, 0.2) is 42.1 Å². The standard InChI is InChI=1S/C15H18BrNO2/c1-3-19-15(18)13-9-10-14(16)17(13)11(2)12-7-5-4-6-8-12/h4-9,11,14H,3,10H2,1-2H3/t11-,14?/m1/s1. The minimum Gasteiger partial charge on any atom is -0.461 e. The Balaban J connectivity index is 2.21. The molecule has 1 heterocycles. The maximum atomic E-state index is 12.0. The minimum absolute atomic E-state index is 0.128. The summed E-state index contributed by atoms with van der Waals surface area (Å²) in [4.78, 5) is 14.2. The Labute approximate surface area is 122 Å². The van der Waals surface area contributed by atoms with E-state index >= 15 is 0 Å². The summed E-state index contributed by atoms with van der Waals surface area (Å²) < 4.78 is 5.12. The number of alkyl halides is 1. The molecule has 0 fully saturated rings. The molecule has 102 valence electrons. The number of hydrogen-bond acceptors (Lipinski definition) is 3. The van der Waals surface area contributed by atoms with Crippen molar-refractivity contribution in [3.63, 3.8) is 0 Å². The van der Waals surface area contributed by atoms with Crippen molar-refractivity contribution in [2.75, 3.05) is 6.61 Å². The molecule has 0 saturated heterocycles. The molecular weight excluding hydrogens is 306 g/mol. The van der Waals surface area contributed by atoms with Crippen LogP contribution in [-0.2, 0) is 9.53 Å². The number of carbonyl (C=O) groups excluding carboxylic acids is 1. The van der Waals surface area contributed by atoms with Crippen LogP contribution in [0.4, 0.5) is 0 Å². The van der Waals surface area contributed by atoms with Crippen molar-refractivity contribution in [2.24, 2.45) is 0 Å². The van der Waals surface area contributed by atoms with Crippen LogP contribution in [0.5, 0.6) is 0 Å². The van der Waals surface area contributed by atoms with Crippen molar-refractivity contribution >= 4 is 21.9 Å². The summed E-state index contributed by atoms with van der Waals surface area (Å²) in [7, 11) is 0. The number of benzene rings is 1. The van der Waals surface area contributed by atoms with Gasteiger partial charge in [-0.2, -0.15) is 0 Å². The number of hydrogen-bond donors (Lipinski definition) is 0. The van der Waals surface area contributed by atoms with E-state index in [1.54, 1.807) is 0 Å². The van der Waals surface area contributed by atoms with Gasteiger partial charge in [-0.3, -0.25) is 0 Å². The molecule has 0 aliphatic carbocycles. The first-order valence-corrected chi connectivity index (χ1v) is 7.41. The maximum Gasteiger partial charge on any atom is 0.354 e. The van der Waals surface area contributed by atoms with Gasteiger partial charge in [0.25, 0.3) is 0 Å². The van der Waals surface area contributed by atoms with Gasteiger partial charge in [-0.25, -0.2) is 4.79 Å². The van der Waals surface area contributed by atoms with Gasteiger partial charge in [0, 0.05) is 0 Å². The fraction of sp³-hybridized carbons (Fsp3) is 0.400. The van der Waals surface area contributed by atoms with Gasteiger partial charge >= 0.3 is 5.97 Å². The lowest BCUT2D eigenvalue weighted by molar-refractivity contribution is -0.140. The maximum absolute atomic E-state index is 12.0. The first kappa shape index (κ1) is 14.1. The smallest absolute Gasteiger partial charge is 0.354 e. The van der Waals surface area contributed by atoms with Gasteiger partial charge in [0.1, 0.15) is 5.70 Å². The van der Waals surface area contributed by atoms with Crippen molar-refractivity contribution in [3.05, 3.63) is 47.7 Å². The van der Waals surface area contributed by atoms with Crippen LogP contribution in [0.3, 0.4) is 0 Å². The van der Waals surface area contributed by atoms with Gasteiger partial charge in [0.05, 0.1) is 17.6 Å². The summed E-state index contributed by atoms with van der Waals surface area (Å²) in [5.74, 6) is -0.243. The predicted octanol–water partition coefficient (Wildman–Crippen LogP) is 3.62. The molecule has 1 unspecified atom stereocenters. The molecule has 1 aromatic rings. The predicted molar refractivity (Wildman–Crippen MR) is 78.7 cm³/mol. The molecule has 0 saturated carbocycles. The molecule has 1 aromatic carbocycles. The van der Waals surface area contributed by atoms with E-state index in [0.29, 0.717) is 12.3 Å². The molecule has 2 atom stereocenters. The first-order chi connectivity index (χ1) is 9.15. The summed E-state index contributed by atoms with van der Waals surface area (Å²) in [6, 6.07) is 10.3. The molecule has 0 spiro atoms. The van der Waals surface area contributed by atoms with E-state index < -0.39 is 0 Å². The van der Waals surface area contributed by atoms with Crippen molar-refractivity contribution in [1.82, 2.24) is 4.90 Å². The lowest BCUT2D eigenvalue weighted by atomic mass is 10.1. The Morgan fingerprint density at radius 2 is 2.16 bits per heavy atom. The average molecular weight is 324 g/mol. The normalized spacial score (nSPS) is 20.1. The Morgan fingerprint density at radius 1 is 1.47 bits per heavy atom. The van der Waals surface area contributed by atoms with Gasteiger partial charge in [-0.05, 0) is 25.8 Å². The van der Waals surface area contributed by atoms with Crippen LogP contribution in [-0.4, -0.2) is 22.4 Å². The van der Waals surface area contributed by atoms with E-state index in [4.69, 9.17) is 4.74 Å². The number of rotatable bonds is 4. The van der Waals surface area contributed by atoms with Crippen molar-refractivity contribution in [1.29, 1.82) is 0 Å². The highest BCUT2D eigenvalue weighted by molar-refractivity contribution is 9.09. The molecule has 0 radical (unpaired) electrons. The third-order valence-electron chi connectivity index (χ3n) is 3.27. The van der Waals surface area contributed by atoms with Crippen molar-refractivity contribution in [2.45, 2.75) is 31.3 Å².